The summed E-state index contributed by atoms with van der Waals surface area (Å²) in [7, 11) is 1.68. The molecule has 1 aliphatic heterocycles. The van der Waals surface area contributed by atoms with E-state index in [1.165, 1.54) is 14.0 Å². The maximum atomic E-state index is 12.8. The highest BCUT2D eigenvalue weighted by atomic mass is 16.5. The summed E-state index contributed by atoms with van der Waals surface area (Å²) in [4.78, 5) is 49.4. The van der Waals surface area contributed by atoms with E-state index < -0.39 is 23.6 Å². The van der Waals surface area contributed by atoms with Gasteiger partial charge >= 0.3 is 11.8 Å². The fourth-order valence-electron chi connectivity index (χ4n) is 4.32. The van der Waals surface area contributed by atoms with Gasteiger partial charge in [0.05, 0.1) is 11.0 Å². The first kappa shape index (κ1) is 25.5. The second kappa shape index (κ2) is 10.4. The number of carbonyl (C=O) groups is 3. The molecule has 1 aromatic heterocycles. The van der Waals surface area contributed by atoms with Crippen LogP contribution in [0.25, 0.3) is 11.0 Å². The Balaban J connectivity index is 1.54. The Hall–Kier alpha value is -3.14. The van der Waals surface area contributed by atoms with Gasteiger partial charge in [0.2, 0.25) is 11.8 Å². The SMILES string of the molecule is Cn1c(=O)n(C2CCC(=O)NC2=O)c2ccc(CCCOCCCN(C(=O)O)C(C)(C)C)cc21. The lowest BCUT2D eigenvalue weighted by Crippen LogP contribution is -2.45. The molecule has 0 spiro atoms. The van der Waals surface area contributed by atoms with Crippen LogP contribution in [0.5, 0.6) is 0 Å². The molecule has 0 aliphatic carbocycles. The van der Waals surface area contributed by atoms with Crippen molar-refractivity contribution in [2.24, 2.45) is 7.05 Å². The number of hydrogen-bond donors (Lipinski definition) is 2. The Kier molecular flexibility index (Phi) is 7.81. The van der Waals surface area contributed by atoms with Crippen LogP contribution in [0.3, 0.4) is 0 Å². The van der Waals surface area contributed by atoms with Crippen LogP contribution in [0.4, 0.5) is 4.79 Å². The van der Waals surface area contributed by atoms with Gasteiger partial charge in [-0.05, 0) is 64.2 Å². The van der Waals surface area contributed by atoms with Crippen molar-refractivity contribution < 1.29 is 24.2 Å². The standard InChI is InChI=1S/C24H34N4O6/c1-24(2,3)27(23(32)33)12-6-14-34-13-5-7-16-8-9-17-19(15-16)26(4)22(31)28(17)18-10-11-20(29)25-21(18)30/h8-9,15,18H,5-7,10-14H2,1-4H3,(H,32,33)(H,25,29,30). The molecule has 0 radical (unpaired) electrons. The molecule has 2 aromatic rings. The van der Waals surface area contributed by atoms with E-state index in [1.807, 2.05) is 39.0 Å². The van der Waals surface area contributed by atoms with Gasteiger partial charge in [-0.15, -0.1) is 0 Å². The van der Waals surface area contributed by atoms with Gasteiger partial charge in [0, 0.05) is 38.8 Å². The summed E-state index contributed by atoms with van der Waals surface area (Å²) >= 11 is 0. The van der Waals surface area contributed by atoms with E-state index in [9.17, 15) is 24.3 Å². The van der Waals surface area contributed by atoms with Crippen LogP contribution in [0.15, 0.2) is 23.0 Å². The predicted molar refractivity (Wildman–Crippen MR) is 127 cm³/mol. The number of rotatable bonds is 9. The lowest BCUT2D eigenvalue weighted by atomic mass is 10.1. The molecule has 1 fully saturated rings. The third-order valence-corrected chi connectivity index (χ3v) is 6.14. The molecule has 3 rings (SSSR count). The predicted octanol–water partition coefficient (Wildman–Crippen LogP) is 2.44. The second-order valence-corrected chi connectivity index (χ2v) is 9.68. The zero-order chi connectivity index (χ0) is 25.0. The maximum Gasteiger partial charge on any atom is 0.407 e. The van der Waals surface area contributed by atoms with Crippen LogP contribution in [-0.2, 0) is 27.8 Å². The van der Waals surface area contributed by atoms with Gasteiger partial charge in [-0.3, -0.25) is 24.0 Å². The van der Waals surface area contributed by atoms with Gasteiger partial charge < -0.3 is 14.7 Å². The third kappa shape index (κ3) is 5.67. The number of piperidine rings is 1. The number of imidazole rings is 1. The van der Waals surface area contributed by atoms with Crippen molar-refractivity contribution >= 4 is 28.9 Å². The van der Waals surface area contributed by atoms with E-state index in [2.05, 4.69) is 5.32 Å². The van der Waals surface area contributed by atoms with E-state index in [-0.39, 0.29) is 18.0 Å². The van der Waals surface area contributed by atoms with Crippen molar-refractivity contribution in [2.75, 3.05) is 19.8 Å². The molecule has 1 unspecified atom stereocenters. The molecule has 10 heteroatoms. The number of nitrogens with zero attached hydrogens (tertiary/aromatic N) is 3. The third-order valence-electron chi connectivity index (χ3n) is 6.14. The van der Waals surface area contributed by atoms with Crippen LogP contribution in [0.2, 0.25) is 0 Å². The van der Waals surface area contributed by atoms with Gasteiger partial charge in [0.25, 0.3) is 0 Å². The number of aryl methyl sites for hydroxylation is 2. The smallest absolute Gasteiger partial charge is 0.407 e. The Bertz CT molecular complexity index is 1130. The van der Waals surface area contributed by atoms with Crippen molar-refractivity contribution in [1.29, 1.82) is 0 Å². The molecule has 2 heterocycles. The van der Waals surface area contributed by atoms with Crippen molar-refractivity contribution in [1.82, 2.24) is 19.4 Å². The minimum atomic E-state index is -0.927. The van der Waals surface area contributed by atoms with E-state index in [4.69, 9.17) is 4.74 Å². The van der Waals surface area contributed by atoms with E-state index in [1.54, 1.807) is 7.05 Å². The first-order chi connectivity index (χ1) is 16.0. The first-order valence-corrected chi connectivity index (χ1v) is 11.6. The number of aromatic nitrogens is 2. The number of benzene rings is 1. The fraction of sp³-hybridized carbons (Fsp3) is 0.583. The number of amides is 3. The quantitative estimate of drug-likeness (QED) is 0.425. The van der Waals surface area contributed by atoms with Crippen LogP contribution in [0.1, 0.15) is 58.1 Å². The summed E-state index contributed by atoms with van der Waals surface area (Å²) in [5.74, 6) is -0.756. The normalized spacial score (nSPS) is 16.6. The summed E-state index contributed by atoms with van der Waals surface area (Å²) in [6.07, 6.45) is 1.77. The molecule has 1 atom stereocenters. The highest BCUT2D eigenvalue weighted by Gasteiger charge is 2.31. The van der Waals surface area contributed by atoms with E-state index in [0.717, 1.165) is 23.9 Å². The number of fused-ring (bicyclic) bond motifs is 1. The van der Waals surface area contributed by atoms with Crippen molar-refractivity contribution in [2.45, 2.75) is 64.5 Å². The van der Waals surface area contributed by atoms with Crippen molar-refractivity contribution in [3.63, 3.8) is 0 Å². The molecule has 186 valence electrons. The summed E-state index contributed by atoms with van der Waals surface area (Å²) < 4.78 is 8.69. The van der Waals surface area contributed by atoms with Crippen LogP contribution >= 0.6 is 0 Å². The minimum absolute atomic E-state index is 0.210. The average molecular weight is 475 g/mol. The molecule has 10 nitrogen and oxygen atoms in total. The first-order valence-electron chi connectivity index (χ1n) is 11.6. The summed E-state index contributed by atoms with van der Waals surface area (Å²) in [5, 5.41) is 11.6. The maximum absolute atomic E-state index is 12.8. The van der Waals surface area contributed by atoms with Gasteiger partial charge in [0.1, 0.15) is 6.04 Å². The molecule has 1 saturated heterocycles. The number of carbonyl (C=O) groups excluding carboxylic acids is 2. The van der Waals surface area contributed by atoms with Crippen LogP contribution in [0, 0.1) is 0 Å². The largest absolute Gasteiger partial charge is 0.465 e. The Morgan fingerprint density at radius 3 is 2.53 bits per heavy atom. The Morgan fingerprint density at radius 2 is 1.88 bits per heavy atom. The number of ether oxygens (including phenoxy) is 1. The molecule has 1 aliphatic rings. The number of carboxylic acid groups (broad SMARTS) is 1. The Labute approximate surface area is 198 Å². The zero-order valence-electron chi connectivity index (χ0n) is 20.3. The summed E-state index contributed by atoms with van der Waals surface area (Å²) in [6, 6.07) is 5.05. The highest BCUT2D eigenvalue weighted by molar-refractivity contribution is 6.00. The minimum Gasteiger partial charge on any atom is -0.465 e. The molecule has 0 bridgehead atoms. The van der Waals surface area contributed by atoms with Crippen molar-refractivity contribution in [3.05, 3.63) is 34.2 Å². The lowest BCUT2D eigenvalue weighted by molar-refractivity contribution is -0.135. The van der Waals surface area contributed by atoms with Gasteiger partial charge in [-0.1, -0.05) is 6.07 Å². The number of nitrogens with one attached hydrogen (secondary N) is 1. The lowest BCUT2D eigenvalue weighted by Gasteiger charge is -2.33. The molecule has 1 aromatic carbocycles. The fourth-order valence-corrected chi connectivity index (χ4v) is 4.32. The van der Waals surface area contributed by atoms with Gasteiger partial charge in [-0.2, -0.15) is 0 Å². The van der Waals surface area contributed by atoms with Crippen LogP contribution < -0.4 is 11.0 Å². The van der Waals surface area contributed by atoms with Crippen molar-refractivity contribution in [3.8, 4) is 0 Å². The number of hydrogen-bond acceptors (Lipinski definition) is 5. The summed E-state index contributed by atoms with van der Waals surface area (Å²) in [5.41, 5.74) is 1.74. The monoisotopic (exact) mass is 474 g/mol. The van der Waals surface area contributed by atoms with E-state index >= 15 is 0 Å². The molecule has 0 saturated carbocycles. The topological polar surface area (TPSA) is 123 Å². The van der Waals surface area contributed by atoms with E-state index in [0.29, 0.717) is 38.1 Å². The average Bonchev–Trinajstić information content (AvgIpc) is 2.99. The molecular formula is C24H34N4O6. The second-order valence-electron chi connectivity index (χ2n) is 9.68. The molecule has 2 N–H and O–H groups in total. The molecule has 3 amide bonds. The van der Waals surface area contributed by atoms with Gasteiger partial charge in [-0.25, -0.2) is 9.59 Å². The van der Waals surface area contributed by atoms with Crippen LogP contribution in [-0.4, -0.2) is 62.3 Å². The molecular weight excluding hydrogens is 440 g/mol. The summed E-state index contributed by atoms with van der Waals surface area (Å²) in [6.45, 7) is 7.07. The Morgan fingerprint density at radius 1 is 1.18 bits per heavy atom. The number of imide groups is 1. The molecule has 34 heavy (non-hydrogen) atoms. The zero-order valence-corrected chi connectivity index (χ0v) is 20.3. The van der Waals surface area contributed by atoms with Gasteiger partial charge in [0.15, 0.2) is 0 Å². The highest BCUT2D eigenvalue weighted by Crippen LogP contribution is 2.24.